The lowest BCUT2D eigenvalue weighted by Crippen LogP contribution is -2.26. The second-order valence-corrected chi connectivity index (χ2v) is 3.39. The number of hydrogen-bond donors (Lipinski definition) is 1. The Labute approximate surface area is 83.4 Å². The highest BCUT2D eigenvalue weighted by atomic mass is 15.5. The van der Waals surface area contributed by atoms with E-state index in [1.165, 1.54) is 0 Å². The van der Waals surface area contributed by atoms with Gasteiger partial charge in [0.05, 0.1) is 6.04 Å². The predicted octanol–water partition coefficient (Wildman–Crippen LogP) is 1.34. The fraction of sp³-hybridized carbons (Fsp3) is 0.400. The fourth-order valence-corrected chi connectivity index (χ4v) is 1.63. The van der Waals surface area contributed by atoms with Crippen molar-refractivity contribution in [3.8, 4) is 0 Å². The SMILES string of the molecule is CC[C@@H]1CC(N)=NN1c1ccccn1. The molecule has 0 saturated heterocycles. The zero-order valence-electron chi connectivity index (χ0n) is 8.22. The average molecular weight is 190 g/mol. The van der Waals surface area contributed by atoms with Crippen LogP contribution < -0.4 is 10.7 Å². The monoisotopic (exact) mass is 190 g/mol. The highest BCUT2D eigenvalue weighted by Gasteiger charge is 2.25. The molecule has 1 atom stereocenters. The molecule has 2 N–H and O–H groups in total. The van der Waals surface area contributed by atoms with E-state index in [0.717, 1.165) is 18.7 Å². The molecular formula is C10H14N4. The van der Waals surface area contributed by atoms with Gasteiger partial charge in [0.25, 0.3) is 0 Å². The molecular weight excluding hydrogens is 176 g/mol. The number of rotatable bonds is 2. The summed E-state index contributed by atoms with van der Waals surface area (Å²) in [5, 5.41) is 6.19. The van der Waals surface area contributed by atoms with E-state index in [4.69, 9.17) is 5.73 Å². The van der Waals surface area contributed by atoms with E-state index in [1.807, 2.05) is 23.2 Å². The van der Waals surface area contributed by atoms with Crippen molar-refractivity contribution in [1.82, 2.24) is 4.98 Å². The fourth-order valence-electron chi connectivity index (χ4n) is 1.63. The van der Waals surface area contributed by atoms with Gasteiger partial charge in [0, 0.05) is 12.6 Å². The van der Waals surface area contributed by atoms with Crippen LogP contribution in [0, 0.1) is 0 Å². The van der Waals surface area contributed by atoms with Gasteiger partial charge in [-0.3, -0.25) is 0 Å². The van der Waals surface area contributed by atoms with Crippen molar-refractivity contribution >= 4 is 11.7 Å². The van der Waals surface area contributed by atoms with Crippen LogP contribution in [-0.2, 0) is 0 Å². The van der Waals surface area contributed by atoms with Crippen molar-refractivity contribution < 1.29 is 0 Å². The molecule has 2 heterocycles. The average Bonchev–Trinajstić information content (AvgIpc) is 2.61. The Morgan fingerprint density at radius 3 is 3.07 bits per heavy atom. The summed E-state index contributed by atoms with van der Waals surface area (Å²) in [5.41, 5.74) is 5.71. The van der Waals surface area contributed by atoms with Gasteiger partial charge in [-0.15, -0.1) is 0 Å². The van der Waals surface area contributed by atoms with Crippen LogP contribution in [0.5, 0.6) is 0 Å². The maximum absolute atomic E-state index is 5.71. The van der Waals surface area contributed by atoms with Gasteiger partial charge in [-0.25, -0.2) is 9.99 Å². The molecule has 1 aromatic rings. The van der Waals surface area contributed by atoms with Gasteiger partial charge in [0.2, 0.25) is 0 Å². The molecule has 1 aliphatic heterocycles. The number of pyridine rings is 1. The van der Waals surface area contributed by atoms with E-state index in [1.54, 1.807) is 6.20 Å². The van der Waals surface area contributed by atoms with Crippen LogP contribution in [0.1, 0.15) is 19.8 Å². The van der Waals surface area contributed by atoms with Crippen LogP contribution in [0.15, 0.2) is 29.5 Å². The first-order valence-electron chi connectivity index (χ1n) is 4.84. The van der Waals surface area contributed by atoms with Gasteiger partial charge in [0.15, 0.2) is 0 Å². The summed E-state index contributed by atoms with van der Waals surface area (Å²) in [6, 6.07) is 6.17. The molecule has 1 aliphatic rings. The lowest BCUT2D eigenvalue weighted by molar-refractivity contribution is 0.633. The molecule has 0 aromatic carbocycles. The Morgan fingerprint density at radius 1 is 1.57 bits per heavy atom. The van der Waals surface area contributed by atoms with E-state index < -0.39 is 0 Å². The zero-order chi connectivity index (χ0) is 9.97. The molecule has 0 fully saturated rings. The van der Waals surface area contributed by atoms with E-state index >= 15 is 0 Å². The number of nitrogens with two attached hydrogens (primary N) is 1. The largest absolute Gasteiger partial charge is 0.386 e. The van der Waals surface area contributed by atoms with Crippen LogP contribution in [0.4, 0.5) is 5.82 Å². The van der Waals surface area contributed by atoms with Gasteiger partial charge in [-0.1, -0.05) is 13.0 Å². The minimum atomic E-state index is 0.366. The summed E-state index contributed by atoms with van der Waals surface area (Å²) in [7, 11) is 0. The van der Waals surface area contributed by atoms with Crippen molar-refractivity contribution in [3.05, 3.63) is 24.4 Å². The van der Waals surface area contributed by atoms with Crippen LogP contribution in [0.2, 0.25) is 0 Å². The molecule has 1 aromatic heterocycles. The van der Waals surface area contributed by atoms with Crippen molar-refractivity contribution in [2.75, 3.05) is 5.01 Å². The third-order valence-electron chi connectivity index (χ3n) is 2.38. The summed E-state index contributed by atoms with van der Waals surface area (Å²) in [6.45, 7) is 2.13. The number of hydrogen-bond acceptors (Lipinski definition) is 4. The predicted molar refractivity (Wildman–Crippen MR) is 57.0 cm³/mol. The maximum Gasteiger partial charge on any atom is 0.149 e. The van der Waals surface area contributed by atoms with Gasteiger partial charge >= 0.3 is 0 Å². The molecule has 0 unspecified atom stereocenters. The van der Waals surface area contributed by atoms with Gasteiger partial charge in [0.1, 0.15) is 11.7 Å². The summed E-state index contributed by atoms with van der Waals surface area (Å²) in [6.07, 6.45) is 3.64. The van der Waals surface area contributed by atoms with Crippen LogP contribution in [0.3, 0.4) is 0 Å². The molecule has 0 radical (unpaired) electrons. The molecule has 0 bridgehead atoms. The van der Waals surface area contributed by atoms with Gasteiger partial charge < -0.3 is 5.73 Å². The van der Waals surface area contributed by atoms with Crippen molar-refractivity contribution in [2.24, 2.45) is 10.8 Å². The number of hydrazone groups is 1. The smallest absolute Gasteiger partial charge is 0.149 e. The zero-order valence-corrected chi connectivity index (χ0v) is 8.22. The third kappa shape index (κ3) is 1.55. The van der Waals surface area contributed by atoms with Gasteiger partial charge in [-0.05, 0) is 18.6 Å². The molecule has 0 saturated carbocycles. The molecule has 0 spiro atoms. The quantitative estimate of drug-likeness (QED) is 0.765. The summed E-state index contributed by atoms with van der Waals surface area (Å²) in [5.74, 6) is 1.57. The van der Waals surface area contributed by atoms with Crippen LogP contribution in [0.25, 0.3) is 0 Å². The Kier molecular flexibility index (Phi) is 2.35. The number of nitrogens with zero attached hydrogens (tertiary/aromatic N) is 3. The van der Waals surface area contributed by atoms with E-state index in [-0.39, 0.29) is 0 Å². The van der Waals surface area contributed by atoms with Crippen LogP contribution in [-0.4, -0.2) is 16.9 Å². The topological polar surface area (TPSA) is 54.5 Å². The van der Waals surface area contributed by atoms with Crippen LogP contribution >= 0.6 is 0 Å². The lowest BCUT2D eigenvalue weighted by Gasteiger charge is -2.20. The minimum Gasteiger partial charge on any atom is -0.386 e. The first-order chi connectivity index (χ1) is 6.81. The summed E-state index contributed by atoms with van der Waals surface area (Å²) >= 11 is 0. The number of aromatic nitrogens is 1. The Morgan fingerprint density at radius 2 is 2.43 bits per heavy atom. The minimum absolute atomic E-state index is 0.366. The normalized spacial score (nSPS) is 21.1. The molecule has 14 heavy (non-hydrogen) atoms. The third-order valence-corrected chi connectivity index (χ3v) is 2.38. The second kappa shape index (κ2) is 3.65. The highest BCUT2D eigenvalue weighted by Crippen LogP contribution is 2.22. The maximum atomic E-state index is 5.71. The molecule has 74 valence electrons. The first-order valence-corrected chi connectivity index (χ1v) is 4.84. The summed E-state index contributed by atoms with van der Waals surface area (Å²) in [4.78, 5) is 4.26. The van der Waals surface area contributed by atoms with Crippen molar-refractivity contribution in [3.63, 3.8) is 0 Å². The molecule has 4 heteroatoms. The van der Waals surface area contributed by atoms with E-state index in [9.17, 15) is 0 Å². The number of amidine groups is 1. The standard InChI is InChI=1S/C10H14N4/c1-2-8-7-9(11)13-14(8)10-5-3-4-6-12-10/h3-6,8H,2,7H2,1H3,(H2,11,13)/t8-/m1/s1. The first kappa shape index (κ1) is 8.99. The Bertz CT molecular complexity index is 333. The highest BCUT2D eigenvalue weighted by molar-refractivity contribution is 5.84. The lowest BCUT2D eigenvalue weighted by atomic mass is 10.1. The Balaban J connectivity index is 2.25. The number of anilines is 1. The summed E-state index contributed by atoms with van der Waals surface area (Å²) < 4.78 is 0. The van der Waals surface area contributed by atoms with Gasteiger partial charge in [-0.2, -0.15) is 5.10 Å². The Hall–Kier alpha value is -1.58. The molecule has 0 aliphatic carbocycles. The van der Waals surface area contributed by atoms with E-state index in [0.29, 0.717) is 11.9 Å². The molecule has 2 rings (SSSR count). The van der Waals surface area contributed by atoms with Crippen molar-refractivity contribution in [1.29, 1.82) is 0 Å². The van der Waals surface area contributed by atoms with Crippen molar-refractivity contribution in [2.45, 2.75) is 25.8 Å². The molecule has 0 amide bonds. The molecule has 4 nitrogen and oxygen atoms in total. The van der Waals surface area contributed by atoms with E-state index in [2.05, 4.69) is 17.0 Å². The second-order valence-electron chi connectivity index (χ2n) is 3.39.